The van der Waals surface area contributed by atoms with E-state index >= 15 is 0 Å². The van der Waals surface area contributed by atoms with Gasteiger partial charge in [0.1, 0.15) is 17.3 Å². The first-order valence-electron chi connectivity index (χ1n) is 6.94. The molecule has 1 amide bonds. The van der Waals surface area contributed by atoms with Gasteiger partial charge in [0.15, 0.2) is 6.61 Å². The van der Waals surface area contributed by atoms with E-state index < -0.39 is 0 Å². The van der Waals surface area contributed by atoms with Crippen LogP contribution in [0, 0.1) is 5.82 Å². The molecule has 2 aromatic carbocycles. The van der Waals surface area contributed by atoms with E-state index in [0.29, 0.717) is 23.1 Å². The number of rotatable bonds is 6. The number of carbonyl (C=O) groups is 1. The topological polar surface area (TPSA) is 38.8 Å². The lowest BCUT2D eigenvalue weighted by Crippen LogP contribution is -2.31. The summed E-state index contributed by atoms with van der Waals surface area (Å²) in [5.74, 6) is 0.534. The van der Waals surface area contributed by atoms with Crippen molar-refractivity contribution in [1.82, 2.24) is 4.90 Å². The molecule has 6 heteroatoms. The summed E-state index contributed by atoms with van der Waals surface area (Å²) >= 11 is 5.98. The van der Waals surface area contributed by atoms with Gasteiger partial charge >= 0.3 is 0 Å². The normalized spacial score (nSPS) is 10.3. The summed E-state index contributed by atoms with van der Waals surface area (Å²) in [6, 6.07) is 10.7. The van der Waals surface area contributed by atoms with E-state index in [1.165, 1.54) is 29.2 Å². The molecule has 0 spiro atoms. The van der Waals surface area contributed by atoms with Gasteiger partial charge < -0.3 is 14.4 Å². The molecule has 2 aromatic rings. The fourth-order valence-corrected chi connectivity index (χ4v) is 2.20. The molecule has 122 valence electrons. The first-order valence-corrected chi connectivity index (χ1v) is 7.32. The summed E-state index contributed by atoms with van der Waals surface area (Å²) in [6.07, 6.45) is 0. The average molecular weight is 338 g/mol. The molecule has 23 heavy (non-hydrogen) atoms. The number of halogens is 2. The van der Waals surface area contributed by atoms with Crippen LogP contribution in [0.2, 0.25) is 5.02 Å². The van der Waals surface area contributed by atoms with Crippen molar-refractivity contribution in [2.75, 3.05) is 20.8 Å². The van der Waals surface area contributed by atoms with Crippen molar-refractivity contribution in [3.05, 3.63) is 58.9 Å². The number of nitrogens with zero attached hydrogens (tertiary/aromatic N) is 1. The minimum absolute atomic E-state index is 0.134. The fraction of sp³-hybridized carbons (Fsp3) is 0.235. The Labute approximate surface area is 139 Å². The van der Waals surface area contributed by atoms with E-state index in [1.54, 1.807) is 32.4 Å². The van der Waals surface area contributed by atoms with Crippen LogP contribution in [0.3, 0.4) is 0 Å². The zero-order valence-corrected chi connectivity index (χ0v) is 13.6. The summed E-state index contributed by atoms with van der Waals surface area (Å²) in [5.41, 5.74) is 0.803. The van der Waals surface area contributed by atoms with Crippen molar-refractivity contribution in [2.24, 2.45) is 0 Å². The Morgan fingerprint density at radius 2 is 1.91 bits per heavy atom. The van der Waals surface area contributed by atoms with Crippen LogP contribution >= 0.6 is 11.6 Å². The number of amides is 1. The van der Waals surface area contributed by atoms with E-state index in [1.807, 2.05) is 0 Å². The third kappa shape index (κ3) is 4.86. The number of likely N-dealkylation sites (N-methyl/N-ethyl adjacent to an activating group) is 1. The Morgan fingerprint density at radius 3 is 2.57 bits per heavy atom. The molecule has 2 rings (SSSR count). The Bertz CT molecular complexity index is 676. The van der Waals surface area contributed by atoms with Gasteiger partial charge in [-0.15, -0.1) is 0 Å². The number of methoxy groups -OCH3 is 1. The van der Waals surface area contributed by atoms with E-state index in [-0.39, 0.29) is 18.3 Å². The Kier molecular flexibility index (Phi) is 5.82. The van der Waals surface area contributed by atoms with Crippen LogP contribution in [-0.4, -0.2) is 31.6 Å². The Balaban J connectivity index is 1.94. The van der Waals surface area contributed by atoms with Crippen molar-refractivity contribution in [1.29, 1.82) is 0 Å². The molecular formula is C17H17ClFNO3. The van der Waals surface area contributed by atoms with Gasteiger partial charge in [-0.3, -0.25) is 4.79 Å². The second kappa shape index (κ2) is 7.83. The van der Waals surface area contributed by atoms with Crippen molar-refractivity contribution < 1.29 is 18.7 Å². The molecule has 4 nitrogen and oxygen atoms in total. The summed E-state index contributed by atoms with van der Waals surface area (Å²) in [7, 11) is 3.23. The Morgan fingerprint density at radius 1 is 1.22 bits per heavy atom. The fourth-order valence-electron chi connectivity index (χ4n) is 2.00. The molecule has 0 radical (unpaired) electrons. The summed E-state index contributed by atoms with van der Waals surface area (Å²) in [4.78, 5) is 13.6. The monoisotopic (exact) mass is 337 g/mol. The number of ether oxygens (including phenoxy) is 2. The molecule has 0 fully saturated rings. The second-order valence-electron chi connectivity index (χ2n) is 4.95. The largest absolute Gasteiger partial charge is 0.496 e. The first kappa shape index (κ1) is 17.1. The summed E-state index contributed by atoms with van der Waals surface area (Å²) in [5, 5.41) is 0.573. The molecular weight excluding hydrogens is 321 g/mol. The lowest BCUT2D eigenvalue weighted by atomic mass is 10.2. The highest BCUT2D eigenvalue weighted by molar-refractivity contribution is 6.30. The van der Waals surface area contributed by atoms with Crippen LogP contribution in [-0.2, 0) is 11.3 Å². The quantitative estimate of drug-likeness (QED) is 0.809. The first-order chi connectivity index (χ1) is 11.0. The van der Waals surface area contributed by atoms with Crippen molar-refractivity contribution in [3.63, 3.8) is 0 Å². The minimum atomic E-state index is -0.353. The van der Waals surface area contributed by atoms with Crippen molar-refractivity contribution in [2.45, 2.75) is 6.54 Å². The van der Waals surface area contributed by atoms with Crippen LogP contribution < -0.4 is 9.47 Å². The van der Waals surface area contributed by atoms with Gasteiger partial charge in [0, 0.05) is 24.2 Å². The molecule has 0 aliphatic heterocycles. The maximum atomic E-state index is 12.8. The van der Waals surface area contributed by atoms with E-state index in [4.69, 9.17) is 21.1 Å². The zero-order valence-electron chi connectivity index (χ0n) is 12.9. The predicted molar refractivity (Wildman–Crippen MR) is 86.4 cm³/mol. The summed E-state index contributed by atoms with van der Waals surface area (Å²) < 4.78 is 23.4. The van der Waals surface area contributed by atoms with Gasteiger partial charge in [0.2, 0.25) is 0 Å². The lowest BCUT2D eigenvalue weighted by molar-refractivity contribution is -0.132. The average Bonchev–Trinajstić information content (AvgIpc) is 2.54. The second-order valence-corrected chi connectivity index (χ2v) is 5.39. The smallest absolute Gasteiger partial charge is 0.260 e. The molecule has 0 aliphatic carbocycles. The van der Waals surface area contributed by atoms with Gasteiger partial charge in [0.05, 0.1) is 7.11 Å². The molecule has 0 N–H and O–H groups in total. The van der Waals surface area contributed by atoms with Crippen LogP contribution in [0.1, 0.15) is 5.56 Å². The third-order valence-electron chi connectivity index (χ3n) is 3.25. The SMILES string of the molecule is COc1ccc(Cl)cc1CN(C)C(=O)COc1ccc(F)cc1. The summed E-state index contributed by atoms with van der Waals surface area (Å²) in [6.45, 7) is 0.209. The van der Waals surface area contributed by atoms with Crippen molar-refractivity contribution in [3.8, 4) is 11.5 Å². The highest BCUT2D eigenvalue weighted by atomic mass is 35.5. The standard InChI is InChI=1S/C17H17ClFNO3/c1-20(10-12-9-13(18)3-8-16(12)22-2)17(21)11-23-15-6-4-14(19)5-7-15/h3-9H,10-11H2,1-2H3. The zero-order chi connectivity index (χ0) is 16.8. The maximum Gasteiger partial charge on any atom is 0.260 e. The molecule has 0 unspecified atom stereocenters. The molecule has 0 atom stereocenters. The van der Waals surface area contributed by atoms with Gasteiger partial charge in [0.25, 0.3) is 5.91 Å². The third-order valence-corrected chi connectivity index (χ3v) is 3.49. The highest BCUT2D eigenvalue weighted by Crippen LogP contribution is 2.23. The number of hydrogen-bond acceptors (Lipinski definition) is 3. The van der Waals surface area contributed by atoms with Crippen LogP contribution in [0.4, 0.5) is 4.39 Å². The highest BCUT2D eigenvalue weighted by Gasteiger charge is 2.13. The van der Waals surface area contributed by atoms with Gasteiger partial charge in [-0.05, 0) is 42.5 Å². The van der Waals surface area contributed by atoms with Gasteiger partial charge in [-0.2, -0.15) is 0 Å². The van der Waals surface area contributed by atoms with E-state index in [9.17, 15) is 9.18 Å². The van der Waals surface area contributed by atoms with Crippen LogP contribution in [0.15, 0.2) is 42.5 Å². The maximum absolute atomic E-state index is 12.8. The molecule has 0 aliphatic rings. The molecule has 0 heterocycles. The van der Waals surface area contributed by atoms with E-state index in [2.05, 4.69) is 0 Å². The van der Waals surface area contributed by atoms with Crippen LogP contribution in [0.5, 0.6) is 11.5 Å². The Hall–Kier alpha value is -2.27. The van der Waals surface area contributed by atoms with Gasteiger partial charge in [-0.25, -0.2) is 4.39 Å². The minimum Gasteiger partial charge on any atom is -0.496 e. The lowest BCUT2D eigenvalue weighted by Gasteiger charge is -2.19. The predicted octanol–water partition coefficient (Wildman–Crippen LogP) is 3.53. The number of benzene rings is 2. The molecule has 0 saturated heterocycles. The molecule has 0 aromatic heterocycles. The van der Waals surface area contributed by atoms with Crippen molar-refractivity contribution >= 4 is 17.5 Å². The number of hydrogen-bond donors (Lipinski definition) is 0. The molecule has 0 bridgehead atoms. The van der Waals surface area contributed by atoms with Gasteiger partial charge in [-0.1, -0.05) is 11.6 Å². The number of carbonyl (C=O) groups excluding carboxylic acids is 1. The molecule has 0 saturated carbocycles. The van der Waals surface area contributed by atoms with Crippen LogP contribution in [0.25, 0.3) is 0 Å². The van der Waals surface area contributed by atoms with E-state index in [0.717, 1.165) is 5.56 Å².